The maximum atomic E-state index is 12.5. The smallest absolute Gasteiger partial charge is 0.321 e. The Balaban J connectivity index is 1.32. The molecule has 4 bridgehead atoms. The van der Waals surface area contributed by atoms with Crippen molar-refractivity contribution in [2.45, 2.75) is 61.3 Å². The zero-order chi connectivity index (χ0) is 19.0. The number of hydrogen-bond donors (Lipinski definition) is 2. The Kier molecular flexibility index (Phi) is 4.85. The third-order valence-corrected chi connectivity index (χ3v) is 7.22. The number of rotatable bonds is 4. The van der Waals surface area contributed by atoms with Gasteiger partial charge >= 0.3 is 6.03 Å². The summed E-state index contributed by atoms with van der Waals surface area (Å²) in [5, 5.41) is 14.7. The molecule has 6 nitrogen and oxygen atoms in total. The van der Waals surface area contributed by atoms with Crippen LogP contribution in [0, 0.1) is 29.1 Å². The summed E-state index contributed by atoms with van der Waals surface area (Å²) < 4.78 is 0. The molecule has 0 spiro atoms. The van der Waals surface area contributed by atoms with Gasteiger partial charge in [-0.2, -0.15) is 5.26 Å². The van der Waals surface area contributed by atoms with E-state index in [9.17, 15) is 9.59 Å². The SMILES string of the molecule is CC(Sc1cc(C#N)ccn1)C(=O)NC(=O)NC12CC3CC(CC(C3)C1)C2. The number of urea groups is 1. The molecular weight excluding hydrogens is 360 g/mol. The molecule has 1 aromatic rings. The van der Waals surface area contributed by atoms with Crippen molar-refractivity contribution >= 4 is 23.7 Å². The predicted molar refractivity (Wildman–Crippen MR) is 102 cm³/mol. The van der Waals surface area contributed by atoms with E-state index >= 15 is 0 Å². The molecule has 0 aromatic carbocycles. The van der Waals surface area contributed by atoms with Gasteiger partial charge in [0.2, 0.25) is 5.91 Å². The third kappa shape index (κ3) is 3.96. The number of aromatic nitrogens is 1. The van der Waals surface area contributed by atoms with Gasteiger partial charge in [0.25, 0.3) is 0 Å². The highest BCUT2D eigenvalue weighted by Gasteiger charge is 2.51. The summed E-state index contributed by atoms with van der Waals surface area (Å²) in [4.78, 5) is 29.1. The van der Waals surface area contributed by atoms with Crippen molar-refractivity contribution in [1.29, 1.82) is 5.26 Å². The molecule has 4 saturated carbocycles. The number of nitriles is 1. The third-order valence-electron chi connectivity index (χ3n) is 6.18. The normalized spacial score (nSPS) is 31.8. The van der Waals surface area contributed by atoms with Crippen LogP contribution in [0.1, 0.15) is 51.0 Å². The van der Waals surface area contributed by atoms with Crippen molar-refractivity contribution in [3.63, 3.8) is 0 Å². The van der Waals surface area contributed by atoms with Crippen LogP contribution in [-0.4, -0.2) is 27.7 Å². The average molecular weight is 385 g/mol. The summed E-state index contributed by atoms with van der Waals surface area (Å²) in [6.07, 6.45) is 8.63. The molecule has 27 heavy (non-hydrogen) atoms. The molecule has 0 saturated heterocycles. The molecule has 4 aliphatic rings. The van der Waals surface area contributed by atoms with E-state index in [0.29, 0.717) is 10.6 Å². The zero-order valence-electron chi connectivity index (χ0n) is 15.4. The number of hydrogen-bond acceptors (Lipinski definition) is 5. The number of thioether (sulfide) groups is 1. The van der Waals surface area contributed by atoms with Gasteiger partial charge in [0.15, 0.2) is 0 Å². The summed E-state index contributed by atoms with van der Waals surface area (Å²) in [5.74, 6) is 1.87. The fraction of sp³-hybridized carbons (Fsp3) is 0.600. The Hall–Kier alpha value is -2.07. The van der Waals surface area contributed by atoms with Crippen LogP contribution in [0.5, 0.6) is 0 Å². The number of carbonyl (C=O) groups excluding carboxylic acids is 2. The second-order valence-corrected chi connectivity index (χ2v) is 9.76. The van der Waals surface area contributed by atoms with Gasteiger partial charge in [0.1, 0.15) is 0 Å². The summed E-state index contributed by atoms with van der Waals surface area (Å²) in [6.45, 7) is 1.73. The Labute approximate surface area is 163 Å². The first-order valence-corrected chi connectivity index (χ1v) is 10.5. The molecule has 4 aliphatic carbocycles. The molecule has 142 valence electrons. The summed E-state index contributed by atoms with van der Waals surface area (Å²) in [5.41, 5.74) is 0.387. The molecule has 5 rings (SSSR count). The van der Waals surface area contributed by atoms with Crippen LogP contribution in [0.2, 0.25) is 0 Å². The minimum atomic E-state index is -0.478. The van der Waals surface area contributed by atoms with E-state index in [-0.39, 0.29) is 17.5 Å². The molecule has 3 amide bonds. The second-order valence-electron chi connectivity index (χ2n) is 8.40. The maximum absolute atomic E-state index is 12.5. The second kappa shape index (κ2) is 7.16. The fourth-order valence-electron chi connectivity index (χ4n) is 5.53. The van der Waals surface area contributed by atoms with Crippen molar-refractivity contribution in [3.8, 4) is 6.07 Å². The van der Waals surface area contributed by atoms with Crippen LogP contribution in [-0.2, 0) is 4.79 Å². The van der Waals surface area contributed by atoms with Gasteiger partial charge in [0, 0.05) is 11.7 Å². The van der Waals surface area contributed by atoms with Crippen molar-refractivity contribution in [2.24, 2.45) is 17.8 Å². The highest BCUT2D eigenvalue weighted by Crippen LogP contribution is 2.55. The Bertz CT molecular complexity index is 768. The van der Waals surface area contributed by atoms with Crippen LogP contribution in [0.4, 0.5) is 4.79 Å². The standard InChI is InChI=1S/C20H24N4O2S/c1-12(27-17-7-13(11-21)2-3-22-17)18(25)23-19(26)24-20-8-14-4-15(9-20)6-16(5-14)10-20/h2-3,7,12,14-16H,4-6,8-10H2,1H3,(H2,23,24,25,26). The molecule has 7 heteroatoms. The lowest BCUT2D eigenvalue weighted by molar-refractivity contribution is -0.119. The molecule has 1 aromatic heterocycles. The van der Waals surface area contributed by atoms with E-state index in [1.54, 1.807) is 25.3 Å². The first-order chi connectivity index (χ1) is 12.9. The van der Waals surface area contributed by atoms with Crippen molar-refractivity contribution in [2.75, 3.05) is 0 Å². The Morgan fingerprint density at radius 1 is 1.26 bits per heavy atom. The van der Waals surface area contributed by atoms with E-state index in [0.717, 1.165) is 37.0 Å². The van der Waals surface area contributed by atoms with Crippen LogP contribution >= 0.6 is 11.8 Å². The average Bonchev–Trinajstić information content (AvgIpc) is 2.60. The highest BCUT2D eigenvalue weighted by atomic mass is 32.2. The molecule has 0 aliphatic heterocycles. The predicted octanol–water partition coefficient (Wildman–Crippen LogP) is 3.23. The van der Waals surface area contributed by atoms with Crippen molar-refractivity contribution < 1.29 is 9.59 Å². The van der Waals surface area contributed by atoms with Gasteiger partial charge in [-0.1, -0.05) is 11.8 Å². The maximum Gasteiger partial charge on any atom is 0.321 e. The number of pyridine rings is 1. The highest BCUT2D eigenvalue weighted by molar-refractivity contribution is 8.00. The van der Waals surface area contributed by atoms with Gasteiger partial charge in [-0.25, -0.2) is 9.78 Å². The topological polar surface area (TPSA) is 94.9 Å². The van der Waals surface area contributed by atoms with E-state index < -0.39 is 5.25 Å². The summed E-state index contributed by atoms with van der Waals surface area (Å²) in [6, 6.07) is 4.94. The molecule has 2 N–H and O–H groups in total. The van der Waals surface area contributed by atoms with Gasteiger partial charge < -0.3 is 5.32 Å². The van der Waals surface area contributed by atoms with E-state index in [2.05, 4.69) is 21.7 Å². The van der Waals surface area contributed by atoms with E-state index in [1.807, 2.05) is 0 Å². The molecule has 1 heterocycles. The zero-order valence-corrected chi connectivity index (χ0v) is 16.2. The molecule has 4 fully saturated rings. The number of carbonyl (C=O) groups is 2. The Morgan fingerprint density at radius 3 is 2.48 bits per heavy atom. The molecular formula is C20H24N4O2S. The largest absolute Gasteiger partial charge is 0.332 e. The lowest BCUT2D eigenvalue weighted by atomic mass is 9.53. The van der Waals surface area contributed by atoms with Crippen LogP contribution in [0.25, 0.3) is 0 Å². The number of amides is 3. The number of nitrogens with one attached hydrogen (secondary N) is 2. The van der Waals surface area contributed by atoms with Crippen molar-refractivity contribution in [1.82, 2.24) is 15.6 Å². The van der Waals surface area contributed by atoms with Gasteiger partial charge in [-0.15, -0.1) is 0 Å². The van der Waals surface area contributed by atoms with E-state index in [4.69, 9.17) is 5.26 Å². The lowest BCUT2D eigenvalue weighted by Gasteiger charge is -2.56. The molecule has 1 atom stereocenters. The quantitative estimate of drug-likeness (QED) is 0.777. The van der Waals surface area contributed by atoms with Crippen molar-refractivity contribution in [3.05, 3.63) is 23.9 Å². The monoisotopic (exact) mass is 384 g/mol. The Morgan fingerprint density at radius 2 is 1.89 bits per heavy atom. The summed E-state index contributed by atoms with van der Waals surface area (Å²) in [7, 11) is 0. The van der Waals surface area contributed by atoms with E-state index in [1.165, 1.54) is 31.0 Å². The number of imide groups is 1. The lowest BCUT2D eigenvalue weighted by Crippen LogP contribution is -2.62. The van der Waals surface area contributed by atoms with Crippen LogP contribution in [0.15, 0.2) is 23.4 Å². The summed E-state index contributed by atoms with van der Waals surface area (Å²) >= 11 is 1.24. The minimum absolute atomic E-state index is 0.113. The first kappa shape index (κ1) is 18.3. The minimum Gasteiger partial charge on any atom is -0.332 e. The number of nitrogens with zero attached hydrogens (tertiary/aromatic N) is 2. The molecule has 1 unspecified atom stereocenters. The van der Waals surface area contributed by atoms with Gasteiger partial charge in [-0.3, -0.25) is 10.1 Å². The van der Waals surface area contributed by atoms with Crippen LogP contribution in [0.3, 0.4) is 0 Å². The molecule has 0 radical (unpaired) electrons. The van der Waals surface area contributed by atoms with Gasteiger partial charge in [0.05, 0.1) is 21.9 Å². The van der Waals surface area contributed by atoms with Gasteiger partial charge in [-0.05, 0) is 75.3 Å². The first-order valence-electron chi connectivity index (χ1n) is 9.60. The van der Waals surface area contributed by atoms with Crippen LogP contribution < -0.4 is 10.6 Å². The fourth-order valence-corrected chi connectivity index (χ4v) is 6.37.